The van der Waals surface area contributed by atoms with Gasteiger partial charge in [-0.25, -0.2) is 4.39 Å². The number of hydrogen-bond donors (Lipinski definition) is 1. The first-order valence-electron chi connectivity index (χ1n) is 9.45. The minimum Gasteiger partial charge on any atom is -0.338 e. The van der Waals surface area contributed by atoms with Gasteiger partial charge >= 0.3 is 0 Å². The summed E-state index contributed by atoms with van der Waals surface area (Å²) in [7, 11) is 0. The fraction of sp³-hybridized carbons (Fsp3) is 0.238. The molecule has 2 heterocycles. The number of aromatic nitrogens is 2. The molecule has 2 aromatic carbocycles. The Balaban J connectivity index is 1.44. The molecule has 1 aliphatic heterocycles. The van der Waals surface area contributed by atoms with Crippen molar-refractivity contribution < 1.29 is 14.0 Å². The van der Waals surface area contributed by atoms with Crippen molar-refractivity contribution in [3.05, 3.63) is 74.9 Å². The Morgan fingerprint density at radius 3 is 2.80 bits per heavy atom. The van der Waals surface area contributed by atoms with Crippen LogP contribution in [0.4, 0.5) is 10.1 Å². The zero-order valence-corrected chi connectivity index (χ0v) is 17.4. The Hall–Kier alpha value is -2.84. The third-order valence-corrected chi connectivity index (χ3v) is 6.20. The first kappa shape index (κ1) is 20.4. The molecule has 6 nitrogen and oxygen atoms in total. The largest absolute Gasteiger partial charge is 0.338 e. The zero-order valence-electron chi connectivity index (χ0n) is 15.8. The van der Waals surface area contributed by atoms with Crippen LogP contribution in [0.15, 0.2) is 48.5 Å². The minimum atomic E-state index is -0.527. The molecule has 3 aromatic rings. The van der Waals surface area contributed by atoms with E-state index in [-0.39, 0.29) is 28.3 Å². The number of rotatable bonds is 4. The molecule has 9 heteroatoms. The Labute approximate surface area is 181 Å². The summed E-state index contributed by atoms with van der Waals surface area (Å²) in [6.07, 6.45) is 1.60. The van der Waals surface area contributed by atoms with Crippen LogP contribution in [0.5, 0.6) is 0 Å². The Morgan fingerprint density at radius 1 is 1.17 bits per heavy atom. The van der Waals surface area contributed by atoms with Crippen LogP contribution in [0.1, 0.15) is 43.9 Å². The standard InChI is InChI=1S/C21H18ClFN4O2S/c22-14-6-3-7-15(11-14)24-18(28)20-26-25-19(30-20)13-5-4-10-27(12-13)21(29)16-8-1-2-9-17(16)23/h1-3,6-9,11,13H,4-5,10,12H2,(H,24,28)/t13-/m0/s1. The molecule has 0 unspecified atom stereocenters. The molecular formula is C21H18ClFN4O2S. The molecule has 1 fully saturated rings. The lowest BCUT2D eigenvalue weighted by atomic mass is 9.98. The summed E-state index contributed by atoms with van der Waals surface area (Å²) in [5, 5.41) is 12.4. The second-order valence-corrected chi connectivity index (χ2v) is 8.43. The SMILES string of the molecule is O=C(Nc1cccc(Cl)c1)c1nnc([C@H]2CCCN(C(=O)c3ccccc3F)C2)s1. The van der Waals surface area contributed by atoms with Crippen LogP contribution in [0, 0.1) is 5.82 Å². The van der Waals surface area contributed by atoms with Gasteiger partial charge in [0.15, 0.2) is 0 Å². The second-order valence-electron chi connectivity index (χ2n) is 6.98. The third kappa shape index (κ3) is 4.49. The van der Waals surface area contributed by atoms with E-state index in [2.05, 4.69) is 15.5 Å². The van der Waals surface area contributed by atoms with Gasteiger partial charge < -0.3 is 10.2 Å². The van der Waals surface area contributed by atoms with Crippen molar-refractivity contribution in [1.82, 2.24) is 15.1 Å². The predicted octanol–water partition coefficient (Wildman–Crippen LogP) is 4.60. The molecule has 1 aliphatic rings. The van der Waals surface area contributed by atoms with Gasteiger partial charge in [0.05, 0.1) is 5.56 Å². The van der Waals surface area contributed by atoms with Gasteiger partial charge in [0, 0.05) is 29.7 Å². The third-order valence-electron chi connectivity index (χ3n) is 4.88. The number of nitrogens with zero attached hydrogens (tertiary/aromatic N) is 3. The molecule has 0 aliphatic carbocycles. The van der Waals surface area contributed by atoms with E-state index >= 15 is 0 Å². The molecule has 2 amide bonds. The fourth-order valence-electron chi connectivity index (χ4n) is 3.41. The highest BCUT2D eigenvalue weighted by Crippen LogP contribution is 2.30. The minimum absolute atomic E-state index is 0.0420. The van der Waals surface area contributed by atoms with E-state index in [4.69, 9.17) is 11.6 Å². The molecule has 1 aromatic heterocycles. The maximum Gasteiger partial charge on any atom is 0.286 e. The average molecular weight is 445 g/mol. The highest BCUT2D eigenvalue weighted by Gasteiger charge is 2.29. The van der Waals surface area contributed by atoms with Crippen LogP contribution in [0.2, 0.25) is 5.02 Å². The first-order chi connectivity index (χ1) is 14.5. The molecule has 0 bridgehead atoms. The number of carbonyl (C=O) groups is 2. The number of amides is 2. The highest BCUT2D eigenvalue weighted by molar-refractivity contribution is 7.13. The molecule has 1 N–H and O–H groups in total. The van der Waals surface area contributed by atoms with E-state index in [0.29, 0.717) is 28.8 Å². The Bertz CT molecular complexity index is 1090. The van der Waals surface area contributed by atoms with Gasteiger partial charge in [-0.1, -0.05) is 41.1 Å². The van der Waals surface area contributed by atoms with Gasteiger partial charge in [0.25, 0.3) is 11.8 Å². The molecule has 30 heavy (non-hydrogen) atoms. The molecule has 1 atom stereocenters. The van der Waals surface area contributed by atoms with Crippen molar-refractivity contribution in [3.63, 3.8) is 0 Å². The molecule has 0 saturated carbocycles. The number of benzene rings is 2. The summed E-state index contributed by atoms with van der Waals surface area (Å²) in [4.78, 5) is 26.8. The summed E-state index contributed by atoms with van der Waals surface area (Å²) in [5.74, 6) is -1.27. The Morgan fingerprint density at radius 2 is 2.00 bits per heavy atom. The van der Waals surface area contributed by atoms with Gasteiger partial charge in [-0.05, 0) is 43.2 Å². The van der Waals surface area contributed by atoms with Gasteiger partial charge in [-0.2, -0.15) is 0 Å². The maximum absolute atomic E-state index is 14.0. The molecule has 4 rings (SSSR count). The second kappa shape index (κ2) is 8.89. The van der Waals surface area contributed by atoms with Gasteiger partial charge in [0.1, 0.15) is 10.8 Å². The summed E-state index contributed by atoms with van der Waals surface area (Å²) >= 11 is 7.15. The fourth-order valence-corrected chi connectivity index (χ4v) is 4.46. The summed E-state index contributed by atoms with van der Waals surface area (Å²) < 4.78 is 14.0. The highest BCUT2D eigenvalue weighted by atomic mass is 35.5. The van der Waals surface area contributed by atoms with E-state index < -0.39 is 5.82 Å². The topological polar surface area (TPSA) is 75.2 Å². The van der Waals surface area contributed by atoms with E-state index in [1.54, 1.807) is 41.3 Å². The number of hydrogen-bond acceptors (Lipinski definition) is 5. The van der Waals surface area contributed by atoms with Crippen molar-refractivity contribution in [2.45, 2.75) is 18.8 Å². The quantitative estimate of drug-likeness (QED) is 0.638. The smallest absolute Gasteiger partial charge is 0.286 e. The molecule has 0 spiro atoms. The lowest BCUT2D eigenvalue weighted by molar-refractivity contribution is 0.0702. The zero-order chi connectivity index (χ0) is 21.1. The first-order valence-corrected chi connectivity index (χ1v) is 10.6. The maximum atomic E-state index is 14.0. The van der Waals surface area contributed by atoms with E-state index in [9.17, 15) is 14.0 Å². The van der Waals surface area contributed by atoms with Crippen LogP contribution in [0.25, 0.3) is 0 Å². The van der Waals surface area contributed by atoms with Crippen LogP contribution in [-0.4, -0.2) is 40.0 Å². The molecular weight excluding hydrogens is 427 g/mol. The number of nitrogens with one attached hydrogen (secondary N) is 1. The van der Waals surface area contributed by atoms with Crippen LogP contribution < -0.4 is 5.32 Å². The lowest BCUT2D eigenvalue weighted by Gasteiger charge is -2.31. The van der Waals surface area contributed by atoms with Crippen LogP contribution in [-0.2, 0) is 0 Å². The number of anilines is 1. The van der Waals surface area contributed by atoms with Gasteiger partial charge in [-0.3, -0.25) is 9.59 Å². The predicted molar refractivity (Wildman–Crippen MR) is 114 cm³/mol. The van der Waals surface area contributed by atoms with E-state index in [0.717, 1.165) is 12.8 Å². The van der Waals surface area contributed by atoms with Crippen molar-refractivity contribution in [2.24, 2.45) is 0 Å². The molecule has 1 saturated heterocycles. The molecule has 154 valence electrons. The van der Waals surface area contributed by atoms with E-state index in [1.807, 2.05) is 0 Å². The van der Waals surface area contributed by atoms with E-state index in [1.165, 1.54) is 23.5 Å². The average Bonchev–Trinajstić information content (AvgIpc) is 3.24. The normalized spacial score (nSPS) is 16.3. The number of halogens is 2. The van der Waals surface area contributed by atoms with Gasteiger partial charge in [0.2, 0.25) is 5.01 Å². The summed E-state index contributed by atoms with van der Waals surface area (Å²) in [5.41, 5.74) is 0.639. The Kier molecular flexibility index (Phi) is 6.06. The van der Waals surface area contributed by atoms with Crippen LogP contribution in [0.3, 0.4) is 0 Å². The van der Waals surface area contributed by atoms with Crippen molar-refractivity contribution in [1.29, 1.82) is 0 Å². The van der Waals surface area contributed by atoms with Crippen molar-refractivity contribution in [2.75, 3.05) is 18.4 Å². The molecule has 0 radical (unpaired) electrons. The lowest BCUT2D eigenvalue weighted by Crippen LogP contribution is -2.39. The summed E-state index contributed by atoms with van der Waals surface area (Å²) in [6, 6.07) is 12.8. The van der Waals surface area contributed by atoms with Crippen molar-refractivity contribution >= 4 is 40.4 Å². The summed E-state index contributed by atoms with van der Waals surface area (Å²) in [6.45, 7) is 0.974. The van der Waals surface area contributed by atoms with Crippen molar-refractivity contribution in [3.8, 4) is 0 Å². The number of carbonyl (C=O) groups excluding carboxylic acids is 2. The monoisotopic (exact) mass is 444 g/mol. The van der Waals surface area contributed by atoms with Gasteiger partial charge in [-0.15, -0.1) is 10.2 Å². The van der Waals surface area contributed by atoms with Crippen LogP contribution >= 0.6 is 22.9 Å². The number of likely N-dealkylation sites (tertiary alicyclic amines) is 1. The number of piperidine rings is 1.